The topological polar surface area (TPSA) is 73.1 Å². The number of hydrogen-bond acceptors (Lipinski definition) is 3. The normalized spacial score (nSPS) is 11.8. The van der Waals surface area contributed by atoms with Crippen LogP contribution in [0.5, 0.6) is 0 Å². The fourth-order valence-electron chi connectivity index (χ4n) is 3.23. The Balaban J connectivity index is 1.96. The highest BCUT2D eigenvalue weighted by Crippen LogP contribution is 2.30. The maximum absolute atomic E-state index is 13.0. The molecule has 0 aliphatic heterocycles. The Morgan fingerprint density at radius 1 is 1.03 bits per heavy atom. The third-order valence-corrected chi connectivity index (χ3v) is 4.84. The third kappa shape index (κ3) is 5.04. The summed E-state index contributed by atoms with van der Waals surface area (Å²) in [5.74, 6) is -0.420. The van der Waals surface area contributed by atoms with Crippen molar-refractivity contribution >= 4 is 22.5 Å². The molecule has 0 unspecified atom stereocenters. The number of carbonyl (C=O) groups is 1. The largest absolute Gasteiger partial charge is 0.416 e. The van der Waals surface area contributed by atoms with E-state index in [0.717, 1.165) is 16.7 Å². The van der Waals surface area contributed by atoms with Gasteiger partial charge in [0.15, 0.2) is 0 Å². The van der Waals surface area contributed by atoms with Crippen LogP contribution in [0.1, 0.15) is 25.8 Å². The second-order valence-corrected chi connectivity index (χ2v) is 7.65. The molecule has 0 aliphatic rings. The van der Waals surface area contributed by atoms with Gasteiger partial charge in [0.25, 0.3) is 5.56 Å². The van der Waals surface area contributed by atoms with Crippen molar-refractivity contribution in [3.8, 4) is 0 Å². The molecule has 3 aromatic rings. The lowest BCUT2D eigenvalue weighted by Crippen LogP contribution is -2.42. The van der Waals surface area contributed by atoms with Crippen molar-refractivity contribution < 1.29 is 18.0 Å². The summed E-state index contributed by atoms with van der Waals surface area (Å²) in [5.41, 5.74) is -1.71. The Labute approximate surface area is 175 Å². The number of nitrogens with one attached hydrogen (secondary N) is 1. The third-order valence-electron chi connectivity index (χ3n) is 4.84. The van der Waals surface area contributed by atoms with E-state index in [1.54, 1.807) is 24.3 Å². The van der Waals surface area contributed by atoms with Gasteiger partial charge in [0.1, 0.15) is 6.54 Å². The number of carbonyl (C=O) groups excluding carboxylic acids is 1. The van der Waals surface area contributed by atoms with Crippen molar-refractivity contribution in [3.05, 3.63) is 74.9 Å². The zero-order chi connectivity index (χ0) is 22.8. The van der Waals surface area contributed by atoms with Gasteiger partial charge in [0.2, 0.25) is 5.91 Å². The Morgan fingerprint density at radius 3 is 2.42 bits per heavy atom. The highest BCUT2D eigenvalue weighted by atomic mass is 19.4. The molecule has 0 saturated heterocycles. The Kier molecular flexibility index (Phi) is 6.33. The predicted octanol–water partition coefficient (Wildman–Crippen LogP) is 3.87. The number of fused-ring (bicyclic) bond motifs is 1. The van der Waals surface area contributed by atoms with Gasteiger partial charge >= 0.3 is 11.9 Å². The van der Waals surface area contributed by atoms with Gasteiger partial charge in [0, 0.05) is 12.2 Å². The van der Waals surface area contributed by atoms with Crippen LogP contribution in [0, 0.1) is 5.92 Å². The quantitative estimate of drug-likeness (QED) is 0.642. The molecule has 3 rings (SSSR count). The second kappa shape index (κ2) is 8.79. The number of rotatable bonds is 6. The van der Waals surface area contributed by atoms with Crippen LogP contribution < -0.4 is 16.6 Å². The summed E-state index contributed by atoms with van der Waals surface area (Å²) in [6.07, 6.45) is -3.94. The Bertz CT molecular complexity index is 1230. The van der Waals surface area contributed by atoms with Crippen LogP contribution in [-0.2, 0) is 24.1 Å². The minimum absolute atomic E-state index is 0.0368. The zero-order valence-electron chi connectivity index (χ0n) is 17.1. The molecular formula is C22H22F3N3O3. The Hall–Kier alpha value is -3.36. The molecule has 0 spiro atoms. The minimum atomic E-state index is -4.54. The van der Waals surface area contributed by atoms with Crippen molar-refractivity contribution in [1.82, 2.24) is 9.13 Å². The zero-order valence-corrected chi connectivity index (χ0v) is 17.1. The summed E-state index contributed by atoms with van der Waals surface area (Å²) >= 11 is 0. The van der Waals surface area contributed by atoms with Crippen molar-refractivity contribution in [2.75, 3.05) is 5.32 Å². The van der Waals surface area contributed by atoms with Crippen LogP contribution in [0.25, 0.3) is 10.9 Å². The monoisotopic (exact) mass is 433 g/mol. The van der Waals surface area contributed by atoms with Crippen LogP contribution in [-0.4, -0.2) is 15.0 Å². The first kappa shape index (κ1) is 22.3. The molecule has 1 aromatic heterocycles. The lowest BCUT2D eigenvalue weighted by molar-refractivity contribution is -0.137. The summed E-state index contributed by atoms with van der Waals surface area (Å²) in [7, 11) is 0. The first-order chi connectivity index (χ1) is 14.6. The van der Waals surface area contributed by atoms with E-state index in [0.29, 0.717) is 6.42 Å². The molecular weight excluding hydrogens is 411 g/mol. The maximum Gasteiger partial charge on any atom is 0.416 e. The molecule has 0 aliphatic carbocycles. The lowest BCUT2D eigenvalue weighted by atomic mass is 10.1. The van der Waals surface area contributed by atoms with E-state index in [-0.39, 0.29) is 29.1 Å². The number of benzene rings is 2. The molecule has 164 valence electrons. The van der Waals surface area contributed by atoms with E-state index in [4.69, 9.17) is 0 Å². The molecule has 31 heavy (non-hydrogen) atoms. The van der Waals surface area contributed by atoms with Crippen LogP contribution in [0.4, 0.5) is 18.9 Å². The number of amides is 1. The number of alkyl halides is 3. The van der Waals surface area contributed by atoms with E-state index in [1.165, 1.54) is 16.7 Å². The number of hydrogen-bond donors (Lipinski definition) is 1. The van der Waals surface area contributed by atoms with Gasteiger partial charge in [-0.2, -0.15) is 13.2 Å². The summed E-state index contributed by atoms with van der Waals surface area (Å²) in [4.78, 5) is 38.3. The van der Waals surface area contributed by atoms with E-state index in [2.05, 4.69) is 5.32 Å². The first-order valence-corrected chi connectivity index (χ1v) is 9.77. The molecule has 0 radical (unpaired) electrons. The summed E-state index contributed by atoms with van der Waals surface area (Å²) in [5, 5.41) is 2.68. The number of aromatic nitrogens is 2. The van der Waals surface area contributed by atoms with Crippen LogP contribution in [0.15, 0.2) is 58.1 Å². The van der Waals surface area contributed by atoms with Gasteiger partial charge in [-0.15, -0.1) is 0 Å². The van der Waals surface area contributed by atoms with Gasteiger partial charge in [-0.05, 0) is 42.7 Å². The lowest BCUT2D eigenvalue weighted by Gasteiger charge is -2.15. The van der Waals surface area contributed by atoms with E-state index in [9.17, 15) is 27.6 Å². The molecule has 1 heterocycles. The van der Waals surface area contributed by atoms with Gasteiger partial charge < -0.3 is 5.32 Å². The highest BCUT2D eigenvalue weighted by molar-refractivity contribution is 5.91. The van der Waals surface area contributed by atoms with Gasteiger partial charge in [0.05, 0.1) is 16.5 Å². The van der Waals surface area contributed by atoms with Crippen LogP contribution >= 0.6 is 0 Å². The molecule has 0 saturated carbocycles. The molecule has 2 aromatic carbocycles. The molecule has 0 bridgehead atoms. The standard InChI is InChI=1S/C22H22F3N3O3/c1-14(2)10-11-27-20(30)17-8-3-4-9-18(17)28(21(27)31)13-19(29)26-16-7-5-6-15(12-16)22(23,24)25/h3-9,12,14H,10-11,13H2,1-2H3,(H,26,29). The molecule has 1 N–H and O–H groups in total. The number of anilines is 1. The summed E-state index contributed by atoms with van der Waals surface area (Å²) < 4.78 is 41.0. The van der Waals surface area contributed by atoms with Crippen molar-refractivity contribution in [2.24, 2.45) is 5.92 Å². The smallest absolute Gasteiger partial charge is 0.325 e. The highest BCUT2D eigenvalue weighted by Gasteiger charge is 2.30. The average Bonchev–Trinajstić information content (AvgIpc) is 2.70. The Morgan fingerprint density at radius 2 is 1.74 bits per heavy atom. The number of halogens is 3. The van der Waals surface area contributed by atoms with E-state index in [1.807, 2.05) is 13.8 Å². The number of para-hydroxylation sites is 1. The average molecular weight is 433 g/mol. The van der Waals surface area contributed by atoms with Crippen molar-refractivity contribution in [2.45, 2.75) is 39.5 Å². The summed E-state index contributed by atoms with van der Waals surface area (Å²) in [6.45, 7) is 3.69. The minimum Gasteiger partial charge on any atom is -0.325 e. The predicted molar refractivity (Wildman–Crippen MR) is 112 cm³/mol. The fraction of sp³-hybridized carbons (Fsp3) is 0.318. The number of nitrogens with zero attached hydrogens (tertiary/aromatic N) is 2. The SMILES string of the molecule is CC(C)CCn1c(=O)c2ccccc2n(CC(=O)Nc2cccc(C(F)(F)F)c2)c1=O. The van der Waals surface area contributed by atoms with E-state index < -0.39 is 35.4 Å². The van der Waals surface area contributed by atoms with Crippen molar-refractivity contribution in [1.29, 1.82) is 0 Å². The van der Waals surface area contributed by atoms with Crippen LogP contribution in [0.2, 0.25) is 0 Å². The first-order valence-electron chi connectivity index (χ1n) is 9.77. The van der Waals surface area contributed by atoms with Gasteiger partial charge in [-0.3, -0.25) is 18.7 Å². The van der Waals surface area contributed by atoms with Gasteiger partial charge in [-0.25, -0.2) is 4.79 Å². The molecule has 1 amide bonds. The molecule has 6 nitrogen and oxygen atoms in total. The second-order valence-electron chi connectivity index (χ2n) is 7.65. The van der Waals surface area contributed by atoms with E-state index >= 15 is 0 Å². The van der Waals surface area contributed by atoms with Crippen LogP contribution in [0.3, 0.4) is 0 Å². The molecule has 9 heteroatoms. The molecule has 0 fully saturated rings. The molecule has 0 atom stereocenters. The maximum atomic E-state index is 13.0. The van der Waals surface area contributed by atoms with Crippen molar-refractivity contribution in [3.63, 3.8) is 0 Å². The van der Waals surface area contributed by atoms with Gasteiger partial charge in [-0.1, -0.05) is 32.0 Å². The fourth-order valence-corrected chi connectivity index (χ4v) is 3.23. The summed E-state index contributed by atoms with van der Waals surface area (Å²) in [6, 6.07) is 10.7.